The summed E-state index contributed by atoms with van der Waals surface area (Å²) < 4.78 is 0. The number of hydrogen-bond donors (Lipinski definition) is 2. The van der Waals surface area contributed by atoms with Gasteiger partial charge in [0.05, 0.1) is 0 Å². The van der Waals surface area contributed by atoms with Crippen LogP contribution in [0.25, 0.3) is 0 Å². The highest BCUT2D eigenvalue weighted by molar-refractivity contribution is 5.76. The fourth-order valence-corrected chi connectivity index (χ4v) is 4.51. The van der Waals surface area contributed by atoms with Gasteiger partial charge in [-0.15, -0.1) is 0 Å². The SMILES string of the molecule is CCCN1CCC(NC(=O)CC2CC3CCC(C2)N3)CC1. The van der Waals surface area contributed by atoms with E-state index in [9.17, 15) is 4.79 Å². The molecule has 0 aromatic rings. The molecule has 0 aromatic carbocycles. The van der Waals surface area contributed by atoms with Crippen LogP contribution in [0, 0.1) is 5.92 Å². The van der Waals surface area contributed by atoms with Crippen LogP contribution in [0.1, 0.15) is 58.3 Å². The Bertz CT molecular complexity index is 340. The molecule has 0 saturated carbocycles. The van der Waals surface area contributed by atoms with Gasteiger partial charge >= 0.3 is 0 Å². The van der Waals surface area contributed by atoms with Crippen LogP contribution < -0.4 is 10.6 Å². The summed E-state index contributed by atoms with van der Waals surface area (Å²) in [5.41, 5.74) is 0. The first-order valence-electron chi connectivity index (χ1n) is 9.00. The van der Waals surface area contributed by atoms with Gasteiger partial charge in [-0.2, -0.15) is 0 Å². The van der Waals surface area contributed by atoms with Crippen LogP contribution in [-0.4, -0.2) is 48.6 Å². The van der Waals surface area contributed by atoms with Gasteiger partial charge in [0.1, 0.15) is 0 Å². The first kappa shape index (κ1) is 15.3. The first-order valence-corrected chi connectivity index (χ1v) is 9.00. The van der Waals surface area contributed by atoms with Crippen molar-refractivity contribution in [2.75, 3.05) is 19.6 Å². The smallest absolute Gasteiger partial charge is 0.220 e. The minimum atomic E-state index is 0.301. The molecule has 1 amide bonds. The van der Waals surface area contributed by atoms with Crippen LogP contribution in [0.15, 0.2) is 0 Å². The van der Waals surface area contributed by atoms with Crippen LogP contribution in [0.3, 0.4) is 0 Å². The van der Waals surface area contributed by atoms with Gasteiger partial charge in [0, 0.05) is 37.6 Å². The lowest BCUT2D eigenvalue weighted by Gasteiger charge is -2.33. The van der Waals surface area contributed by atoms with Crippen LogP contribution in [-0.2, 0) is 4.79 Å². The van der Waals surface area contributed by atoms with Crippen molar-refractivity contribution >= 4 is 5.91 Å². The zero-order valence-electron chi connectivity index (χ0n) is 13.4. The molecule has 4 nitrogen and oxygen atoms in total. The van der Waals surface area contributed by atoms with Crippen molar-refractivity contribution in [2.24, 2.45) is 5.92 Å². The quantitative estimate of drug-likeness (QED) is 0.814. The number of nitrogens with one attached hydrogen (secondary N) is 2. The lowest BCUT2D eigenvalue weighted by molar-refractivity contribution is -0.123. The molecule has 3 aliphatic heterocycles. The summed E-state index contributed by atoms with van der Waals surface area (Å²) in [4.78, 5) is 14.8. The predicted octanol–water partition coefficient (Wildman–Crippen LogP) is 1.90. The number of rotatable bonds is 5. The van der Waals surface area contributed by atoms with Gasteiger partial charge < -0.3 is 15.5 Å². The Hall–Kier alpha value is -0.610. The molecule has 3 aliphatic rings. The summed E-state index contributed by atoms with van der Waals surface area (Å²) in [6.45, 7) is 5.74. The summed E-state index contributed by atoms with van der Waals surface area (Å²) in [6, 6.07) is 1.81. The minimum Gasteiger partial charge on any atom is -0.353 e. The van der Waals surface area contributed by atoms with E-state index >= 15 is 0 Å². The molecule has 3 saturated heterocycles. The average Bonchev–Trinajstić information content (AvgIpc) is 2.80. The third kappa shape index (κ3) is 4.19. The number of fused-ring (bicyclic) bond motifs is 2. The van der Waals surface area contributed by atoms with Crippen LogP contribution in [0.5, 0.6) is 0 Å². The van der Waals surface area contributed by atoms with Gasteiger partial charge in [-0.25, -0.2) is 0 Å². The number of carbonyl (C=O) groups is 1. The molecule has 0 radical (unpaired) electrons. The van der Waals surface area contributed by atoms with Crippen molar-refractivity contribution in [1.29, 1.82) is 0 Å². The van der Waals surface area contributed by atoms with E-state index in [2.05, 4.69) is 22.5 Å². The fraction of sp³-hybridized carbons (Fsp3) is 0.941. The standard InChI is InChI=1S/C17H31N3O/c1-2-7-20-8-5-14(6-9-20)19-17(21)12-13-10-15-3-4-16(11-13)18-15/h13-16,18H,2-12H2,1H3,(H,19,21). The Morgan fingerprint density at radius 1 is 1.14 bits per heavy atom. The molecule has 2 bridgehead atoms. The monoisotopic (exact) mass is 293 g/mol. The van der Waals surface area contributed by atoms with Gasteiger partial charge in [0.2, 0.25) is 5.91 Å². The van der Waals surface area contributed by atoms with E-state index in [1.54, 1.807) is 0 Å². The highest BCUT2D eigenvalue weighted by atomic mass is 16.1. The maximum atomic E-state index is 12.3. The molecule has 2 unspecified atom stereocenters. The summed E-state index contributed by atoms with van der Waals surface area (Å²) in [5, 5.41) is 6.95. The molecular weight excluding hydrogens is 262 g/mol. The van der Waals surface area contributed by atoms with Gasteiger partial charge in [-0.05, 0) is 57.4 Å². The second kappa shape index (κ2) is 7.10. The molecule has 120 valence electrons. The Kier molecular flexibility index (Phi) is 5.17. The van der Waals surface area contributed by atoms with Crippen molar-refractivity contribution in [1.82, 2.24) is 15.5 Å². The van der Waals surface area contributed by atoms with Gasteiger partial charge in [0.15, 0.2) is 0 Å². The average molecular weight is 293 g/mol. The molecule has 21 heavy (non-hydrogen) atoms. The van der Waals surface area contributed by atoms with Crippen LogP contribution >= 0.6 is 0 Å². The largest absolute Gasteiger partial charge is 0.353 e. The molecule has 0 aromatic heterocycles. The number of nitrogens with zero attached hydrogens (tertiary/aromatic N) is 1. The lowest BCUT2D eigenvalue weighted by Crippen LogP contribution is -2.46. The second-order valence-corrected chi connectivity index (χ2v) is 7.36. The first-order chi connectivity index (χ1) is 10.2. The molecule has 0 aliphatic carbocycles. The van der Waals surface area contributed by atoms with E-state index in [4.69, 9.17) is 0 Å². The molecular formula is C17H31N3O. The van der Waals surface area contributed by atoms with E-state index in [1.165, 1.54) is 38.6 Å². The van der Waals surface area contributed by atoms with Gasteiger partial charge in [-0.3, -0.25) is 4.79 Å². The minimum absolute atomic E-state index is 0.301. The zero-order valence-corrected chi connectivity index (χ0v) is 13.4. The number of carbonyl (C=O) groups excluding carboxylic acids is 1. The summed E-state index contributed by atoms with van der Waals surface area (Å²) in [6.07, 6.45) is 9.29. The Balaban J connectivity index is 1.37. The maximum absolute atomic E-state index is 12.3. The molecule has 3 heterocycles. The number of hydrogen-bond acceptors (Lipinski definition) is 3. The molecule has 3 rings (SSSR count). The Morgan fingerprint density at radius 3 is 2.43 bits per heavy atom. The van der Waals surface area contributed by atoms with Crippen LogP contribution in [0.4, 0.5) is 0 Å². The van der Waals surface area contributed by atoms with Crippen molar-refractivity contribution in [3.8, 4) is 0 Å². The highest BCUT2D eigenvalue weighted by Gasteiger charge is 2.34. The van der Waals surface area contributed by atoms with Gasteiger partial charge in [-0.1, -0.05) is 6.92 Å². The van der Waals surface area contributed by atoms with Crippen molar-refractivity contribution < 1.29 is 4.79 Å². The van der Waals surface area contributed by atoms with Crippen molar-refractivity contribution in [3.05, 3.63) is 0 Å². The highest BCUT2D eigenvalue weighted by Crippen LogP contribution is 2.32. The molecule has 0 spiro atoms. The predicted molar refractivity (Wildman–Crippen MR) is 85.2 cm³/mol. The summed E-state index contributed by atoms with van der Waals surface area (Å²) in [7, 11) is 0. The van der Waals surface area contributed by atoms with E-state index < -0.39 is 0 Å². The Morgan fingerprint density at radius 2 is 1.81 bits per heavy atom. The van der Waals surface area contributed by atoms with E-state index in [0.29, 0.717) is 30.0 Å². The van der Waals surface area contributed by atoms with E-state index in [1.807, 2.05) is 0 Å². The normalized spacial score (nSPS) is 34.0. The molecule has 4 heteroatoms. The second-order valence-electron chi connectivity index (χ2n) is 7.36. The third-order valence-corrected chi connectivity index (χ3v) is 5.54. The van der Waals surface area contributed by atoms with Crippen molar-refractivity contribution in [3.63, 3.8) is 0 Å². The van der Waals surface area contributed by atoms with E-state index in [0.717, 1.165) is 32.4 Å². The lowest BCUT2D eigenvalue weighted by atomic mass is 9.89. The molecule has 3 fully saturated rings. The fourth-order valence-electron chi connectivity index (χ4n) is 4.51. The molecule has 2 N–H and O–H groups in total. The summed E-state index contributed by atoms with van der Waals surface area (Å²) >= 11 is 0. The number of piperidine rings is 2. The molecule has 2 atom stereocenters. The maximum Gasteiger partial charge on any atom is 0.220 e. The van der Waals surface area contributed by atoms with Crippen molar-refractivity contribution in [2.45, 2.75) is 76.4 Å². The van der Waals surface area contributed by atoms with Gasteiger partial charge in [0.25, 0.3) is 0 Å². The topological polar surface area (TPSA) is 44.4 Å². The summed E-state index contributed by atoms with van der Waals surface area (Å²) in [5.74, 6) is 0.916. The zero-order chi connectivity index (χ0) is 14.7. The van der Waals surface area contributed by atoms with Crippen LogP contribution in [0.2, 0.25) is 0 Å². The number of amides is 1. The Labute approximate surface area is 129 Å². The third-order valence-electron chi connectivity index (χ3n) is 5.54. The van der Waals surface area contributed by atoms with E-state index in [-0.39, 0.29) is 0 Å². The number of likely N-dealkylation sites (tertiary alicyclic amines) is 1.